The molecule has 0 fully saturated rings. The molecule has 0 heterocycles. The van der Waals surface area contributed by atoms with Gasteiger partial charge in [0.05, 0.1) is 10.6 Å². The Labute approximate surface area is 211 Å². The largest absolute Gasteiger partial charge is 0.354 e. The molecule has 3 aromatic carbocycles. The molecule has 0 atom stereocenters. The van der Waals surface area contributed by atoms with Crippen LogP contribution in [-0.2, 0) is 20.6 Å². The molecule has 0 aliphatic rings. The van der Waals surface area contributed by atoms with E-state index in [2.05, 4.69) is 5.32 Å². The Morgan fingerprint density at radius 1 is 0.971 bits per heavy atom. The summed E-state index contributed by atoms with van der Waals surface area (Å²) in [6.45, 7) is 4.02. The number of carbonyl (C=O) groups is 1. The van der Waals surface area contributed by atoms with Crippen molar-refractivity contribution < 1.29 is 13.2 Å². The van der Waals surface area contributed by atoms with Gasteiger partial charge in [0.25, 0.3) is 10.0 Å². The third-order valence-electron chi connectivity index (χ3n) is 5.08. The molecule has 180 valence electrons. The van der Waals surface area contributed by atoms with Crippen LogP contribution < -0.4 is 9.62 Å². The fourth-order valence-corrected chi connectivity index (χ4v) is 5.96. The summed E-state index contributed by atoms with van der Waals surface area (Å²) >= 11 is 7.69. The fraction of sp³-hybridized carbons (Fsp3) is 0.269. The lowest BCUT2D eigenvalue weighted by atomic mass is 10.1. The number of nitrogens with zero attached hydrogens (tertiary/aromatic N) is 1. The number of anilines is 1. The highest BCUT2D eigenvalue weighted by atomic mass is 35.5. The van der Waals surface area contributed by atoms with Crippen molar-refractivity contribution in [2.24, 2.45) is 0 Å². The third kappa shape index (κ3) is 7.52. The van der Waals surface area contributed by atoms with Gasteiger partial charge >= 0.3 is 0 Å². The van der Waals surface area contributed by atoms with E-state index in [4.69, 9.17) is 11.6 Å². The van der Waals surface area contributed by atoms with Crippen molar-refractivity contribution in [3.8, 4) is 0 Å². The van der Waals surface area contributed by atoms with Crippen LogP contribution in [-0.4, -0.2) is 33.2 Å². The van der Waals surface area contributed by atoms with Crippen LogP contribution in [0.5, 0.6) is 0 Å². The first kappa shape index (κ1) is 26.1. The normalized spacial score (nSPS) is 11.3. The minimum absolute atomic E-state index is 0.153. The number of carbonyl (C=O) groups excluding carboxylic acids is 1. The van der Waals surface area contributed by atoms with E-state index in [0.29, 0.717) is 12.2 Å². The maximum atomic E-state index is 13.4. The van der Waals surface area contributed by atoms with Crippen LogP contribution in [0.4, 0.5) is 5.69 Å². The molecular weight excluding hydrogens is 488 g/mol. The van der Waals surface area contributed by atoms with Crippen LogP contribution in [0.3, 0.4) is 0 Å². The first-order valence-corrected chi connectivity index (χ1v) is 14.0. The average molecular weight is 517 g/mol. The van der Waals surface area contributed by atoms with E-state index in [-0.39, 0.29) is 17.3 Å². The SMILES string of the molecule is Cc1cc(C)cc(N(CC(=O)NCCCSCc2ccc(Cl)cc2)S(=O)(=O)c2ccccc2)c1. The van der Waals surface area contributed by atoms with Gasteiger partial charge in [0.1, 0.15) is 6.54 Å². The van der Waals surface area contributed by atoms with Crippen LogP contribution >= 0.6 is 23.4 Å². The summed E-state index contributed by atoms with van der Waals surface area (Å²) in [7, 11) is -3.90. The van der Waals surface area contributed by atoms with Gasteiger partial charge in [-0.2, -0.15) is 11.8 Å². The maximum absolute atomic E-state index is 13.4. The lowest BCUT2D eigenvalue weighted by Crippen LogP contribution is -2.41. The molecule has 0 saturated heterocycles. The van der Waals surface area contributed by atoms with E-state index in [1.807, 2.05) is 44.2 Å². The molecule has 3 rings (SSSR count). The Kier molecular flexibility index (Phi) is 9.45. The summed E-state index contributed by atoms with van der Waals surface area (Å²) in [4.78, 5) is 12.9. The van der Waals surface area contributed by atoms with Gasteiger partial charge < -0.3 is 5.32 Å². The number of aryl methyl sites for hydroxylation is 2. The van der Waals surface area contributed by atoms with E-state index >= 15 is 0 Å². The Balaban J connectivity index is 1.60. The monoisotopic (exact) mass is 516 g/mol. The molecule has 1 N–H and O–H groups in total. The molecule has 34 heavy (non-hydrogen) atoms. The Bertz CT molecular complexity index is 1180. The predicted molar refractivity (Wildman–Crippen MR) is 142 cm³/mol. The number of halogens is 1. The van der Waals surface area contributed by atoms with Crippen molar-refractivity contribution in [3.63, 3.8) is 0 Å². The zero-order chi connectivity index (χ0) is 24.6. The number of hydrogen-bond donors (Lipinski definition) is 1. The van der Waals surface area contributed by atoms with Crippen molar-refractivity contribution in [2.45, 2.75) is 30.9 Å². The first-order chi connectivity index (χ1) is 16.3. The van der Waals surface area contributed by atoms with E-state index in [0.717, 1.165) is 34.1 Å². The number of hydrogen-bond acceptors (Lipinski definition) is 4. The van der Waals surface area contributed by atoms with Crippen LogP contribution in [0.25, 0.3) is 0 Å². The van der Waals surface area contributed by atoms with Crippen LogP contribution in [0.15, 0.2) is 77.7 Å². The molecule has 3 aromatic rings. The fourth-order valence-electron chi connectivity index (χ4n) is 3.49. The Morgan fingerprint density at radius 2 is 1.62 bits per heavy atom. The Hall–Kier alpha value is -2.48. The van der Waals surface area contributed by atoms with E-state index in [1.165, 1.54) is 9.87 Å². The average Bonchev–Trinajstić information content (AvgIpc) is 2.80. The van der Waals surface area contributed by atoms with Crippen LogP contribution in [0.1, 0.15) is 23.1 Å². The summed E-state index contributed by atoms with van der Waals surface area (Å²) in [5, 5.41) is 3.59. The standard InChI is InChI=1S/C26H29ClN2O3S2/c1-20-15-21(2)17-24(16-20)29(34(31,32)25-7-4-3-5-8-25)18-26(30)28-13-6-14-33-19-22-9-11-23(27)12-10-22/h3-5,7-12,15-17H,6,13-14,18-19H2,1-2H3,(H,28,30). The summed E-state index contributed by atoms with van der Waals surface area (Å²) in [6, 6.07) is 21.5. The second kappa shape index (κ2) is 12.3. The predicted octanol–water partition coefficient (Wildman–Crippen LogP) is 5.59. The minimum Gasteiger partial charge on any atom is -0.354 e. The first-order valence-electron chi connectivity index (χ1n) is 11.0. The molecule has 8 heteroatoms. The Morgan fingerprint density at radius 3 is 2.26 bits per heavy atom. The highest BCUT2D eigenvalue weighted by Crippen LogP contribution is 2.25. The van der Waals surface area contributed by atoms with Gasteiger partial charge in [-0.15, -0.1) is 0 Å². The zero-order valence-corrected chi connectivity index (χ0v) is 21.7. The summed E-state index contributed by atoms with van der Waals surface area (Å²) in [5.74, 6) is 1.42. The molecule has 0 aliphatic carbocycles. The third-order valence-corrected chi connectivity index (χ3v) is 8.24. The van der Waals surface area contributed by atoms with Gasteiger partial charge in [0.2, 0.25) is 5.91 Å². The smallest absolute Gasteiger partial charge is 0.264 e. The number of benzene rings is 3. The second-order valence-electron chi connectivity index (χ2n) is 8.05. The van der Waals surface area contributed by atoms with Gasteiger partial charge in [-0.25, -0.2) is 8.42 Å². The maximum Gasteiger partial charge on any atom is 0.264 e. The summed E-state index contributed by atoms with van der Waals surface area (Å²) in [5.41, 5.74) is 3.55. The van der Waals surface area contributed by atoms with Gasteiger partial charge in [0.15, 0.2) is 0 Å². The molecule has 0 spiro atoms. The number of rotatable bonds is 11. The van der Waals surface area contributed by atoms with Gasteiger partial charge in [-0.3, -0.25) is 9.10 Å². The van der Waals surface area contributed by atoms with E-state index < -0.39 is 10.0 Å². The second-order valence-corrected chi connectivity index (χ2v) is 11.5. The number of sulfonamides is 1. The van der Waals surface area contributed by atoms with Crippen molar-refractivity contribution in [3.05, 3.63) is 94.5 Å². The topological polar surface area (TPSA) is 66.5 Å². The molecule has 0 unspecified atom stereocenters. The summed E-state index contributed by atoms with van der Waals surface area (Å²) in [6.07, 6.45) is 0.791. The number of nitrogens with one attached hydrogen (secondary N) is 1. The molecule has 0 radical (unpaired) electrons. The lowest BCUT2D eigenvalue weighted by Gasteiger charge is -2.25. The number of thioether (sulfide) groups is 1. The van der Waals surface area contributed by atoms with Crippen molar-refractivity contribution >= 4 is 45.0 Å². The van der Waals surface area contributed by atoms with Gasteiger partial charge in [0, 0.05) is 17.3 Å². The zero-order valence-electron chi connectivity index (χ0n) is 19.3. The summed E-state index contributed by atoms with van der Waals surface area (Å²) < 4.78 is 28.0. The van der Waals surface area contributed by atoms with E-state index in [1.54, 1.807) is 54.2 Å². The van der Waals surface area contributed by atoms with Crippen molar-refractivity contribution in [1.29, 1.82) is 0 Å². The molecule has 0 aliphatic heterocycles. The van der Waals surface area contributed by atoms with Crippen LogP contribution in [0.2, 0.25) is 5.02 Å². The molecule has 5 nitrogen and oxygen atoms in total. The molecule has 0 saturated carbocycles. The number of amides is 1. The van der Waals surface area contributed by atoms with E-state index in [9.17, 15) is 13.2 Å². The van der Waals surface area contributed by atoms with Gasteiger partial charge in [-0.1, -0.05) is 48.0 Å². The van der Waals surface area contributed by atoms with Crippen LogP contribution in [0, 0.1) is 13.8 Å². The molecular formula is C26H29ClN2O3S2. The molecule has 1 amide bonds. The van der Waals surface area contributed by atoms with Crippen molar-refractivity contribution in [1.82, 2.24) is 5.32 Å². The lowest BCUT2D eigenvalue weighted by molar-refractivity contribution is -0.119. The quantitative estimate of drug-likeness (QED) is 0.337. The van der Waals surface area contributed by atoms with Gasteiger partial charge in [-0.05, 0) is 79.1 Å². The van der Waals surface area contributed by atoms with Crippen molar-refractivity contribution in [2.75, 3.05) is 23.1 Å². The molecule has 0 aromatic heterocycles. The minimum atomic E-state index is -3.90. The highest BCUT2D eigenvalue weighted by Gasteiger charge is 2.27. The highest BCUT2D eigenvalue weighted by molar-refractivity contribution is 7.98. The molecule has 0 bridgehead atoms.